The largest absolute Gasteiger partial charge is 0.394 e. The minimum Gasteiger partial charge on any atom is -0.394 e. The summed E-state index contributed by atoms with van der Waals surface area (Å²) in [6.07, 6.45) is -12.8. The van der Waals surface area contributed by atoms with Crippen molar-refractivity contribution in [1.82, 2.24) is 0 Å². The number of aliphatic hydroxyl groups excluding tert-OH is 12. The first-order valence-electron chi connectivity index (χ1n) is 6.96. The lowest BCUT2D eigenvalue weighted by Crippen LogP contribution is -2.46. The van der Waals surface area contributed by atoms with Crippen molar-refractivity contribution in [3.63, 3.8) is 0 Å². The summed E-state index contributed by atoms with van der Waals surface area (Å²) in [6.45, 7) is -2.90. The van der Waals surface area contributed by atoms with Crippen LogP contribution < -0.4 is 0 Å². The van der Waals surface area contributed by atoms with E-state index < -0.39 is 75.3 Å². The standard InChI is InChI=1S/2C6H14O6/c2*7-1-3(9)5(11)6(12)4(10)2-8/h2*3-12H,1-2H2/t3-,4-,5-,6+;3-,4-,5-,6-/m11/s1. The van der Waals surface area contributed by atoms with Crippen LogP contribution in [0.2, 0.25) is 0 Å². The summed E-state index contributed by atoms with van der Waals surface area (Å²) in [5.74, 6) is 0. The van der Waals surface area contributed by atoms with Gasteiger partial charge in [0.25, 0.3) is 0 Å². The highest BCUT2D eigenvalue weighted by Crippen LogP contribution is 2.04. The molecule has 148 valence electrons. The van der Waals surface area contributed by atoms with Crippen LogP contribution >= 0.6 is 0 Å². The molecule has 8 atom stereocenters. The summed E-state index contributed by atoms with van der Waals surface area (Å²) in [5, 5.41) is 104. The molecule has 0 aliphatic carbocycles. The third-order valence-electron chi connectivity index (χ3n) is 3.02. The highest BCUT2D eigenvalue weighted by atomic mass is 16.4. The van der Waals surface area contributed by atoms with Crippen LogP contribution in [0.1, 0.15) is 0 Å². The zero-order valence-electron chi connectivity index (χ0n) is 12.8. The molecular weight excluding hydrogens is 336 g/mol. The third-order valence-corrected chi connectivity index (χ3v) is 3.02. The molecule has 0 unspecified atom stereocenters. The number of hydrogen-bond donors (Lipinski definition) is 12. The van der Waals surface area contributed by atoms with E-state index in [1.54, 1.807) is 0 Å². The lowest BCUT2D eigenvalue weighted by Gasteiger charge is -2.24. The maximum atomic E-state index is 8.96. The molecule has 12 N–H and O–H groups in total. The van der Waals surface area contributed by atoms with Crippen LogP contribution in [0.3, 0.4) is 0 Å². The molecule has 0 fully saturated rings. The van der Waals surface area contributed by atoms with Crippen molar-refractivity contribution in [3.05, 3.63) is 0 Å². The number of aliphatic hydroxyl groups is 12. The Kier molecular flexibility index (Phi) is 14.8. The second-order valence-corrected chi connectivity index (χ2v) is 4.96. The van der Waals surface area contributed by atoms with E-state index in [2.05, 4.69) is 0 Å². The van der Waals surface area contributed by atoms with Crippen LogP contribution in [0, 0.1) is 0 Å². The van der Waals surface area contributed by atoms with Gasteiger partial charge in [-0.25, -0.2) is 0 Å². The van der Waals surface area contributed by atoms with Gasteiger partial charge in [-0.15, -0.1) is 0 Å². The Bertz CT molecular complexity index is 237. The molecule has 0 radical (unpaired) electrons. The summed E-state index contributed by atoms with van der Waals surface area (Å²) in [5.41, 5.74) is 0. The van der Waals surface area contributed by atoms with E-state index >= 15 is 0 Å². The second kappa shape index (κ2) is 13.8. The van der Waals surface area contributed by atoms with Crippen molar-refractivity contribution >= 4 is 0 Å². The van der Waals surface area contributed by atoms with Crippen molar-refractivity contribution in [2.45, 2.75) is 48.8 Å². The molecule has 0 aromatic heterocycles. The summed E-state index contributed by atoms with van der Waals surface area (Å²) in [6, 6.07) is 0. The topological polar surface area (TPSA) is 243 Å². The lowest BCUT2D eigenvalue weighted by molar-refractivity contribution is -0.123. The first kappa shape index (κ1) is 25.8. The minimum atomic E-state index is -1.67. The van der Waals surface area contributed by atoms with Crippen LogP contribution in [0.25, 0.3) is 0 Å². The van der Waals surface area contributed by atoms with Gasteiger partial charge in [0.1, 0.15) is 48.8 Å². The molecule has 0 aromatic rings. The number of rotatable bonds is 10. The number of hydrogen-bond acceptors (Lipinski definition) is 12. The molecule has 0 heterocycles. The third kappa shape index (κ3) is 9.12. The zero-order valence-corrected chi connectivity index (χ0v) is 12.8. The van der Waals surface area contributed by atoms with Gasteiger partial charge in [-0.3, -0.25) is 0 Å². The SMILES string of the molecule is OC[C@@H](O)[C@@H](O)[C@H](O)[C@H](O)CO.OC[C@@H](O)[C@H](O)[C@H](O)[C@H](O)CO. The molecule has 0 saturated heterocycles. The van der Waals surface area contributed by atoms with Crippen LogP contribution in [0.15, 0.2) is 0 Å². The van der Waals surface area contributed by atoms with Crippen molar-refractivity contribution in [1.29, 1.82) is 0 Å². The molecule has 12 nitrogen and oxygen atoms in total. The Balaban J connectivity index is 0. The van der Waals surface area contributed by atoms with E-state index in [9.17, 15) is 0 Å². The van der Waals surface area contributed by atoms with Crippen molar-refractivity contribution < 1.29 is 61.3 Å². The minimum absolute atomic E-state index is 0.726. The Morgan fingerprint density at radius 3 is 0.542 bits per heavy atom. The summed E-state index contributed by atoms with van der Waals surface area (Å²) in [7, 11) is 0. The molecule has 0 spiro atoms. The van der Waals surface area contributed by atoms with Gasteiger partial charge in [-0.05, 0) is 0 Å². The fraction of sp³-hybridized carbons (Fsp3) is 1.00. The predicted octanol–water partition coefficient (Wildman–Crippen LogP) is -7.17. The first-order chi connectivity index (χ1) is 11.1. The first-order valence-corrected chi connectivity index (χ1v) is 6.96. The normalized spacial score (nSPS) is 21.5. The monoisotopic (exact) mass is 364 g/mol. The van der Waals surface area contributed by atoms with E-state index in [1.165, 1.54) is 0 Å². The summed E-state index contributed by atoms with van der Waals surface area (Å²) >= 11 is 0. The zero-order chi connectivity index (χ0) is 19.4. The van der Waals surface area contributed by atoms with Crippen molar-refractivity contribution in [2.75, 3.05) is 26.4 Å². The van der Waals surface area contributed by atoms with Crippen LogP contribution in [-0.2, 0) is 0 Å². The Morgan fingerprint density at radius 2 is 0.458 bits per heavy atom. The molecule has 0 aliphatic heterocycles. The average Bonchev–Trinajstić information content (AvgIpc) is 2.62. The lowest BCUT2D eigenvalue weighted by atomic mass is 10.0. The van der Waals surface area contributed by atoms with Gasteiger partial charge in [0.15, 0.2) is 0 Å². The van der Waals surface area contributed by atoms with Crippen LogP contribution in [-0.4, -0.2) is 137 Å². The van der Waals surface area contributed by atoms with Crippen molar-refractivity contribution in [2.24, 2.45) is 0 Å². The molecule has 0 amide bonds. The molecule has 24 heavy (non-hydrogen) atoms. The van der Waals surface area contributed by atoms with E-state index in [0.717, 1.165) is 0 Å². The maximum Gasteiger partial charge on any atom is 0.111 e. The summed E-state index contributed by atoms with van der Waals surface area (Å²) in [4.78, 5) is 0. The molecule has 0 saturated carbocycles. The molecular formula is C12H28O12. The Hall–Kier alpha value is -0.480. The smallest absolute Gasteiger partial charge is 0.111 e. The quantitative estimate of drug-likeness (QED) is 0.173. The molecule has 12 heteroatoms. The molecule has 0 aliphatic rings. The van der Waals surface area contributed by atoms with E-state index in [-0.39, 0.29) is 0 Å². The maximum absolute atomic E-state index is 8.96. The highest BCUT2D eigenvalue weighted by molar-refractivity contribution is 4.80. The fourth-order valence-corrected chi connectivity index (χ4v) is 1.34. The van der Waals surface area contributed by atoms with Crippen LogP contribution in [0.5, 0.6) is 0 Å². The van der Waals surface area contributed by atoms with Crippen molar-refractivity contribution in [3.8, 4) is 0 Å². The van der Waals surface area contributed by atoms with Gasteiger partial charge < -0.3 is 61.3 Å². The predicted molar refractivity (Wildman–Crippen MR) is 76.4 cm³/mol. The van der Waals surface area contributed by atoms with E-state index in [0.29, 0.717) is 0 Å². The summed E-state index contributed by atoms with van der Waals surface area (Å²) < 4.78 is 0. The van der Waals surface area contributed by atoms with Gasteiger partial charge in [0.2, 0.25) is 0 Å². The van der Waals surface area contributed by atoms with E-state index in [1.807, 2.05) is 0 Å². The van der Waals surface area contributed by atoms with E-state index in [4.69, 9.17) is 61.3 Å². The Morgan fingerprint density at radius 1 is 0.333 bits per heavy atom. The Labute approximate surface area is 137 Å². The fourth-order valence-electron chi connectivity index (χ4n) is 1.34. The molecule has 0 aromatic carbocycles. The van der Waals surface area contributed by atoms with Gasteiger partial charge in [-0.2, -0.15) is 0 Å². The van der Waals surface area contributed by atoms with Gasteiger partial charge in [-0.1, -0.05) is 0 Å². The van der Waals surface area contributed by atoms with Gasteiger partial charge in [0.05, 0.1) is 26.4 Å². The second-order valence-electron chi connectivity index (χ2n) is 4.96. The molecule has 0 bridgehead atoms. The molecule has 0 rings (SSSR count). The highest BCUT2D eigenvalue weighted by Gasteiger charge is 2.30. The average molecular weight is 364 g/mol. The van der Waals surface area contributed by atoms with Gasteiger partial charge in [0, 0.05) is 0 Å². The van der Waals surface area contributed by atoms with Crippen LogP contribution in [0.4, 0.5) is 0 Å². The van der Waals surface area contributed by atoms with Gasteiger partial charge >= 0.3 is 0 Å².